The van der Waals surface area contributed by atoms with Gasteiger partial charge in [0.2, 0.25) is 17.6 Å². The molecule has 1 aromatic heterocycles. The Kier molecular flexibility index (Phi) is 6.09. The van der Waals surface area contributed by atoms with Crippen LogP contribution < -0.4 is 9.64 Å². The van der Waals surface area contributed by atoms with E-state index in [2.05, 4.69) is 16.2 Å². The lowest BCUT2D eigenvalue weighted by molar-refractivity contribution is -0.118. The molecule has 6 nitrogen and oxygen atoms in total. The number of anilines is 1. The molecule has 0 N–H and O–H groups in total. The lowest BCUT2D eigenvalue weighted by Gasteiger charge is -2.22. The highest BCUT2D eigenvalue weighted by molar-refractivity contribution is 5.93. The topological polar surface area (TPSA) is 68.5 Å². The molecule has 0 unspecified atom stereocenters. The molecule has 3 aromatic rings. The second-order valence-corrected chi connectivity index (χ2v) is 6.72. The minimum atomic E-state index is 0.0386. The van der Waals surface area contributed by atoms with E-state index in [1.165, 1.54) is 0 Å². The zero-order valence-corrected chi connectivity index (χ0v) is 16.7. The van der Waals surface area contributed by atoms with Crippen molar-refractivity contribution in [1.29, 1.82) is 0 Å². The van der Waals surface area contributed by atoms with Gasteiger partial charge >= 0.3 is 0 Å². The molecule has 0 fully saturated rings. The number of carbonyl (C=O) groups is 1. The monoisotopic (exact) mass is 379 g/mol. The van der Waals surface area contributed by atoms with Crippen LogP contribution in [0.5, 0.6) is 5.75 Å². The van der Waals surface area contributed by atoms with Crippen LogP contribution in [0.3, 0.4) is 0 Å². The second-order valence-electron chi connectivity index (χ2n) is 6.72. The van der Waals surface area contributed by atoms with Crippen molar-refractivity contribution in [3.05, 3.63) is 59.5 Å². The van der Waals surface area contributed by atoms with E-state index in [1.807, 2.05) is 57.2 Å². The molecule has 28 heavy (non-hydrogen) atoms. The van der Waals surface area contributed by atoms with Gasteiger partial charge in [-0.05, 0) is 68.3 Å². The highest BCUT2D eigenvalue weighted by atomic mass is 16.5. The quantitative estimate of drug-likeness (QED) is 0.610. The van der Waals surface area contributed by atoms with Crippen LogP contribution in [0.15, 0.2) is 47.0 Å². The summed E-state index contributed by atoms with van der Waals surface area (Å²) in [6.07, 6.45) is 0.717. The van der Waals surface area contributed by atoms with Crippen LogP contribution in [0.4, 0.5) is 5.69 Å². The first-order valence-corrected chi connectivity index (χ1v) is 9.36. The first-order chi connectivity index (χ1) is 13.5. The van der Waals surface area contributed by atoms with Crippen LogP contribution in [-0.4, -0.2) is 29.7 Å². The van der Waals surface area contributed by atoms with Crippen molar-refractivity contribution in [3.8, 4) is 17.1 Å². The predicted octanol–water partition coefficient (Wildman–Crippen LogP) is 4.35. The normalized spacial score (nSPS) is 10.7. The molecule has 146 valence electrons. The number of nitrogens with zero attached hydrogens (tertiary/aromatic N) is 3. The summed E-state index contributed by atoms with van der Waals surface area (Å²) >= 11 is 0. The zero-order valence-electron chi connectivity index (χ0n) is 16.7. The molecule has 6 heteroatoms. The van der Waals surface area contributed by atoms with Crippen molar-refractivity contribution >= 4 is 11.6 Å². The number of ether oxygens (including phenoxy) is 1. The Hall–Kier alpha value is -3.15. The number of aromatic nitrogens is 2. The van der Waals surface area contributed by atoms with Gasteiger partial charge in [-0.1, -0.05) is 11.2 Å². The molecule has 2 aromatic carbocycles. The van der Waals surface area contributed by atoms with Crippen LogP contribution >= 0.6 is 0 Å². The number of amides is 1. The Morgan fingerprint density at radius 2 is 1.79 bits per heavy atom. The Morgan fingerprint density at radius 1 is 1.11 bits per heavy atom. The van der Waals surface area contributed by atoms with Crippen molar-refractivity contribution in [3.63, 3.8) is 0 Å². The lowest BCUT2D eigenvalue weighted by Crippen LogP contribution is -2.30. The molecule has 0 saturated heterocycles. The van der Waals surface area contributed by atoms with Crippen LogP contribution in [0, 0.1) is 13.8 Å². The molecule has 0 saturated carbocycles. The Balaban J connectivity index is 1.66. The van der Waals surface area contributed by atoms with Gasteiger partial charge in [0, 0.05) is 30.6 Å². The maximum Gasteiger partial charge on any atom is 0.227 e. The molecule has 0 aliphatic rings. The van der Waals surface area contributed by atoms with Gasteiger partial charge in [0.15, 0.2) is 0 Å². The van der Waals surface area contributed by atoms with Gasteiger partial charge in [0.05, 0.1) is 7.11 Å². The zero-order chi connectivity index (χ0) is 20.1. The number of aryl methyl sites for hydroxylation is 3. The van der Waals surface area contributed by atoms with Crippen LogP contribution in [0.1, 0.15) is 30.4 Å². The van der Waals surface area contributed by atoms with Gasteiger partial charge in [-0.3, -0.25) is 4.79 Å². The van der Waals surface area contributed by atoms with E-state index in [9.17, 15) is 4.79 Å². The maximum atomic E-state index is 12.7. The summed E-state index contributed by atoms with van der Waals surface area (Å²) in [7, 11) is 1.62. The minimum absolute atomic E-state index is 0.0386. The number of hydrogen-bond donors (Lipinski definition) is 0. The molecular formula is C22H25N3O3. The van der Waals surface area contributed by atoms with Gasteiger partial charge < -0.3 is 14.2 Å². The fraction of sp³-hybridized carbons (Fsp3) is 0.318. The lowest BCUT2D eigenvalue weighted by atomic mass is 10.1. The third-order valence-electron chi connectivity index (χ3n) is 4.50. The second kappa shape index (κ2) is 8.69. The number of rotatable bonds is 7. The van der Waals surface area contributed by atoms with Gasteiger partial charge in [-0.15, -0.1) is 0 Å². The molecule has 0 spiro atoms. The fourth-order valence-corrected chi connectivity index (χ4v) is 3.17. The summed E-state index contributed by atoms with van der Waals surface area (Å²) in [6, 6.07) is 13.6. The van der Waals surface area contributed by atoms with Crippen molar-refractivity contribution in [2.75, 3.05) is 18.6 Å². The Bertz CT molecular complexity index is 928. The number of methoxy groups -OCH3 is 1. The largest absolute Gasteiger partial charge is 0.497 e. The molecule has 1 heterocycles. The summed E-state index contributed by atoms with van der Waals surface area (Å²) in [5.41, 5.74) is 4.05. The molecule has 1 amide bonds. The molecule has 0 aliphatic carbocycles. The van der Waals surface area contributed by atoms with Gasteiger partial charge in [-0.25, -0.2) is 0 Å². The molecular weight excluding hydrogens is 354 g/mol. The van der Waals surface area contributed by atoms with Crippen LogP contribution in [0.25, 0.3) is 11.4 Å². The van der Waals surface area contributed by atoms with Crippen molar-refractivity contribution < 1.29 is 14.1 Å². The summed E-state index contributed by atoms with van der Waals surface area (Å²) in [4.78, 5) is 18.9. The average molecular weight is 379 g/mol. The highest BCUT2D eigenvalue weighted by Crippen LogP contribution is 2.22. The van der Waals surface area contributed by atoms with Crippen LogP contribution in [0.2, 0.25) is 0 Å². The standard InChI is InChI=1S/C22H25N3O3/c1-5-25(18-13-15(2)12-16(3)14-18)21(26)11-10-20-23-22(24-28-20)17-6-8-19(27-4)9-7-17/h6-9,12-14H,5,10-11H2,1-4H3. The van der Waals surface area contributed by atoms with E-state index >= 15 is 0 Å². The third-order valence-corrected chi connectivity index (χ3v) is 4.50. The Labute approximate surface area is 165 Å². The van der Waals surface area contributed by atoms with Gasteiger partial charge in [-0.2, -0.15) is 4.98 Å². The predicted molar refractivity (Wildman–Crippen MR) is 109 cm³/mol. The maximum absolute atomic E-state index is 12.7. The average Bonchev–Trinajstić information content (AvgIpc) is 3.15. The summed E-state index contributed by atoms with van der Waals surface area (Å²) in [5.74, 6) is 1.77. The Morgan fingerprint density at radius 3 is 2.39 bits per heavy atom. The van der Waals surface area contributed by atoms with E-state index in [-0.39, 0.29) is 5.91 Å². The smallest absolute Gasteiger partial charge is 0.227 e. The van der Waals surface area contributed by atoms with Crippen molar-refractivity contribution in [2.24, 2.45) is 0 Å². The molecule has 0 atom stereocenters. The minimum Gasteiger partial charge on any atom is -0.497 e. The van der Waals surface area contributed by atoms with E-state index in [4.69, 9.17) is 9.26 Å². The summed E-state index contributed by atoms with van der Waals surface area (Å²) in [5, 5.41) is 4.01. The summed E-state index contributed by atoms with van der Waals surface area (Å²) < 4.78 is 10.5. The van der Waals surface area contributed by atoms with E-state index in [0.717, 1.165) is 28.1 Å². The first kappa shape index (κ1) is 19.6. The van der Waals surface area contributed by atoms with Crippen molar-refractivity contribution in [2.45, 2.75) is 33.6 Å². The highest BCUT2D eigenvalue weighted by Gasteiger charge is 2.17. The van der Waals surface area contributed by atoms with E-state index in [0.29, 0.717) is 31.1 Å². The first-order valence-electron chi connectivity index (χ1n) is 9.36. The molecule has 0 bridgehead atoms. The van der Waals surface area contributed by atoms with Crippen molar-refractivity contribution in [1.82, 2.24) is 10.1 Å². The van der Waals surface area contributed by atoms with E-state index in [1.54, 1.807) is 12.0 Å². The summed E-state index contributed by atoms with van der Waals surface area (Å²) in [6.45, 7) is 6.66. The van der Waals surface area contributed by atoms with Gasteiger partial charge in [0.25, 0.3) is 0 Å². The SMILES string of the molecule is CCN(C(=O)CCc1nc(-c2ccc(OC)cc2)no1)c1cc(C)cc(C)c1. The van der Waals surface area contributed by atoms with Crippen LogP contribution in [-0.2, 0) is 11.2 Å². The number of hydrogen-bond acceptors (Lipinski definition) is 5. The number of carbonyl (C=O) groups excluding carboxylic acids is 1. The molecule has 0 radical (unpaired) electrons. The van der Waals surface area contributed by atoms with Gasteiger partial charge in [0.1, 0.15) is 5.75 Å². The molecule has 3 rings (SSSR count). The molecule has 0 aliphatic heterocycles. The fourth-order valence-electron chi connectivity index (χ4n) is 3.17. The third kappa shape index (κ3) is 4.57. The van der Waals surface area contributed by atoms with E-state index < -0.39 is 0 Å². The number of benzene rings is 2.